The van der Waals surface area contributed by atoms with E-state index in [1.165, 1.54) is 44.5 Å². The molecule has 21 heavy (non-hydrogen) atoms. The second-order valence-corrected chi connectivity index (χ2v) is 6.02. The topological polar surface area (TPSA) is 0 Å². The summed E-state index contributed by atoms with van der Waals surface area (Å²) in [6.07, 6.45) is 1.06. The van der Waals surface area contributed by atoms with Crippen LogP contribution in [0.1, 0.15) is 22.3 Å². The maximum atomic E-state index is 2.37. The van der Waals surface area contributed by atoms with Crippen LogP contribution in [0, 0.1) is 13.8 Å². The molecule has 0 heteroatoms. The van der Waals surface area contributed by atoms with Crippen LogP contribution in [0.15, 0.2) is 60.7 Å². The normalized spacial score (nSPS) is 12.1. The van der Waals surface area contributed by atoms with Crippen LogP contribution >= 0.6 is 0 Å². The van der Waals surface area contributed by atoms with Gasteiger partial charge in [-0.1, -0.05) is 66.2 Å². The Morgan fingerprint density at radius 3 is 2.38 bits per heavy atom. The fourth-order valence-corrected chi connectivity index (χ4v) is 3.36. The molecule has 0 atom stereocenters. The number of hydrogen-bond acceptors (Lipinski definition) is 0. The Bertz CT molecular complexity index is 840. The summed E-state index contributed by atoms with van der Waals surface area (Å²) in [5, 5.41) is 0. The summed E-state index contributed by atoms with van der Waals surface area (Å²) in [4.78, 5) is 0. The van der Waals surface area contributed by atoms with Gasteiger partial charge in [-0.15, -0.1) is 0 Å². The molecule has 0 bridgehead atoms. The zero-order chi connectivity index (χ0) is 14.4. The zero-order valence-electron chi connectivity index (χ0n) is 12.5. The number of fused-ring (bicyclic) bond motifs is 3. The van der Waals surface area contributed by atoms with E-state index in [-0.39, 0.29) is 0 Å². The first-order valence-electron chi connectivity index (χ1n) is 7.51. The number of benzene rings is 3. The molecule has 102 valence electrons. The average Bonchev–Trinajstić information content (AvgIpc) is 2.87. The van der Waals surface area contributed by atoms with Gasteiger partial charge in [-0.05, 0) is 59.2 Å². The minimum Gasteiger partial charge on any atom is -0.0619 e. The molecule has 0 N–H and O–H groups in total. The maximum absolute atomic E-state index is 2.37. The van der Waals surface area contributed by atoms with Gasteiger partial charge in [-0.3, -0.25) is 0 Å². The standard InChI is InChI=1S/C21H18/c1-14-7-8-15(2)21(11-14)17-9-10-20-18(13-17)12-16-5-3-4-6-19(16)20/h3-11,13H,12H2,1-2H3. The van der Waals surface area contributed by atoms with Gasteiger partial charge in [-0.25, -0.2) is 0 Å². The number of hydrogen-bond donors (Lipinski definition) is 0. The lowest BCUT2D eigenvalue weighted by atomic mass is 9.95. The van der Waals surface area contributed by atoms with E-state index in [0.29, 0.717) is 0 Å². The molecule has 0 aliphatic heterocycles. The fraction of sp³-hybridized carbons (Fsp3) is 0.143. The molecule has 3 aromatic carbocycles. The predicted octanol–water partition coefficient (Wildman–Crippen LogP) is 5.54. The highest BCUT2D eigenvalue weighted by Gasteiger charge is 2.18. The molecule has 1 aliphatic rings. The summed E-state index contributed by atoms with van der Waals surface area (Å²) in [7, 11) is 0. The summed E-state index contributed by atoms with van der Waals surface area (Å²) < 4.78 is 0. The molecule has 0 heterocycles. The molecule has 0 saturated carbocycles. The van der Waals surface area contributed by atoms with Gasteiger partial charge in [0.05, 0.1) is 0 Å². The van der Waals surface area contributed by atoms with Crippen LogP contribution in [0.4, 0.5) is 0 Å². The van der Waals surface area contributed by atoms with Gasteiger partial charge in [-0.2, -0.15) is 0 Å². The van der Waals surface area contributed by atoms with Crippen LogP contribution in [-0.4, -0.2) is 0 Å². The highest BCUT2D eigenvalue weighted by molar-refractivity contribution is 5.80. The van der Waals surface area contributed by atoms with Crippen LogP contribution in [0.5, 0.6) is 0 Å². The van der Waals surface area contributed by atoms with Crippen molar-refractivity contribution in [1.29, 1.82) is 0 Å². The first kappa shape index (κ1) is 12.4. The maximum Gasteiger partial charge on any atom is -0.00132 e. The van der Waals surface area contributed by atoms with Gasteiger partial charge < -0.3 is 0 Å². The van der Waals surface area contributed by atoms with Crippen molar-refractivity contribution in [3.05, 3.63) is 82.9 Å². The Kier molecular flexibility index (Phi) is 2.71. The van der Waals surface area contributed by atoms with Crippen molar-refractivity contribution >= 4 is 0 Å². The van der Waals surface area contributed by atoms with Crippen LogP contribution in [0.25, 0.3) is 22.3 Å². The Balaban J connectivity index is 1.85. The lowest BCUT2D eigenvalue weighted by molar-refractivity contribution is 1.26. The summed E-state index contributed by atoms with van der Waals surface area (Å²) >= 11 is 0. The lowest BCUT2D eigenvalue weighted by Crippen LogP contribution is -1.87. The van der Waals surface area contributed by atoms with Gasteiger partial charge in [0.2, 0.25) is 0 Å². The highest BCUT2D eigenvalue weighted by Crippen LogP contribution is 2.38. The number of aryl methyl sites for hydroxylation is 2. The van der Waals surface area contributed by atoms with Crippen LogP contribution in [-0.2, 0) is 6.42 Å². The van der Waals surface area contributed by atoms with E-state index in [1.54, 1.807) is 0 Å². The molecule has 0 fully saturated rings. The third-order valence-corrected chi connectivity index (χ3v) is 4.50. The SMILES string of the molecule is Cc1ccc(C)c(-c2ccc3c(c2)Cc2ccccc2-3)c1. The Hall–Kier alpha value is -2.34. The lowest BCUT2D eigenvalue weighted by Gasteiger charge is -2.09. The van der Waals surface area contributed by atoms with Gasteiger partial charge in [0, 0.05) is 0 Å². The highest BCUT2D eigenvalue weighted by atomic mass is 14.2. The zero-order valence-corrected chi connectivity index (χ0v) is 12.5. The molecule has 4 rings (SSSR count). The van der Waals surface area contributed by atoms with Gasteiger partial charge in [0.15, 0.2) is 0 Å². The Labute approximate surface area is 126 Å². The summed E-state index contributed by atoms with van der Waals surface area (Å²) in [5.74, 6) is 0. The van der Waals surface area contributed by atoms with Crippen molar-refractivity contribution < 1.29 is 0 Å². The van der Waals surface area contributed by atoms with Crippen LogP contribution < -0.4 is 0 Å². The van der Waals surface area contributed by atoms with E-state index in [9.17, 15) is 0 Å². The van der Waals surface area contributed by atoms with Crippen molar-refractivity contribution in [3.8, 4) is 22.3 Å². The first-order chi connectivity index (χ1) is 10.2. The molecular formula is C21H18. The molecule has 0 unspecified atom stereocenters. The van der Waals surface area contributed by atoms with Gasteiger partial charge in [0.25, 0.3) is 0 Å². The first-order valence-corrected chi connectivity index (χ1v) is 7.51. The van der Waals surface area contributed by atoms with Gasteiger partial charge >= 0.3 is 0 Å². The molecule has 0 radical (unpaired) electrons. The summed E-state index contributed by atoms with van der Waals surface area (Å²) in [6, 6.07) is 22.4. The van der Waals surface area contributed by atoms with E-state index in [0.717, 1.165) is 6.42 Å². The van der Waals surface area contributed by atoms with E-state index in [1.807, 2.05) is 0 Å². The molecular weight excluding hydrogens is 252 g/mol. The monoisotopic (exact) mass is 270 g/mol. The van der Waals surface area contributed by atoms with Crippen molar-refractivity contribution in [2.75, 3.05) is 0 Å². The molecule has 0 spiro atoms. The minimum atomic E-state index is 1.06. The molecule has 0 amide bonds. The van der Waals surface area contributed by atoms with Crippen molar-refractivity contribution in [1.82, 2.24) is 0 Å². The Morgan fingerprint density at radius 2 is 1.48 bits per heavy atom. The molecule has 0 aromatic heterocycles. The van der Waals surface area contributed by atoms with E-state index in [4.69, 9.17) is 0 Å². The third kappa shape index (κ3) is 1.99. The van der Waals surface area contributed by atoms with Crippen molar-refractivity contribution in [2.24, 2.45) is 0 Å². The minimum absolute atomic E-state index is 1.06. The van der Waals surface area contributed by atoms with Crippen molar-refractivity contribution in [2.45, 2.75) is 20.3 Å². The quantitative estimate of drug-likeness (QED) is 0.426. The average molecular weight is 270 g/mol. The second-order valence-electron chi connectivity index (χ2n) is 6.02. The van der Waals surface area contributed by atoms with Gasteiger partial charge in [0.1, 0.15) is 0 Å². The third-order valence-electron chi connectivity index (χ3n) is 4.50. The molecule has 1 aliphatic carbocycles. The predicted molar refractivity (Wildman–Crippen MR) is 89.6 cm³/mol. The summed E-state index contributed by atoms with van der Waals surface area (Å²) in [6.45, 7) is 4.35. The molecule has 0 nitrogen and oxygen atoms in total. The smallest absolute Gasteiger partial charge is 0.00132 e. The number of rotatable bonds is 1. The van der Waals surface area contributed by atoms with E-state index >= 15 is 0 Å². The summed E-state index contributed by atoms with van der Waals surface area (Å²) in [5.41, 5.74) is 11.1. The molecule has 3 aromatic rings. The van der Waals surface area contributed by atoms with Crippen LogP contribution in [0.2, 0.25) is 0 Å². The fourth-order valence-electron chi connectivity index (χ4n) is 3.36. The Morgan fingerprint density at radius 1 is 0.667 bits per heavy atom. The largest absolute Gasteiger partial charge is 0.0619 e. The van der Waals surface area contributed by atoms with E-state index in [2.05, 4.69) is 74.5 Å². The molecule has 0 saturated heterocycles. The van der Waals surface area contributed by atoms with Crippen LogP contribution in [0.3, 0.4) is 0 Å². The van der Waals surface area contributed by atoms with Crippen molar-refractivity contribution in [3.63, 3.8) is 0 Å². The second kappa shape index (κ2) is 4.60. The van der Waals surface area contributed by atoms with E-state index < -0.39 is 0 Å².